The van der Waals surface area contributed by atoms with Gasteiger partial charge in [0.15, 0.2) is 0 Å². The Morgan fingerprint density at radius 2 is 2.05 bits per heavy atom. The summed E-state index contributed by atoms with van der Waals surface area (Å²) in [6, 6.07) is 4.67. The summed E-state index contributed by atoms with van der Waals surface area (Å²) in [6.07, 6.45) is 6.97. The summed E-state index contributed by atoms with van der Waals surface area (Å²) in [5.74, 6) is 0.688. The first-order valence-corrected chi connectivity index (χ1v) is 7.77. The lowest BCUT2D eigenvalue weighted by atomic mass is 9.83. The highest BCUT2D eigenvalue weighted by atomic mass is 35.5. The van der Waals surface area contributed by atoms with Crippen LogP contribution in [-0.2, 0) is 0 Å². The van der Waals surface area contributed by atoms with E-state index in [2.05, 4.69) is 12.2 Å². The Morgan fingerprint density at radius 1 is 1.35 bits per heavy atom. The number of carbonyl (C=O) groups is 1. The first-order valence-electron chi connectivity index (χ1n) is 7.39. The summed E-state index contributed by atoms with van der Waals surface area (Å²) < 4.78 is 0. The lowest BCUT2D eigenvalue weighted by Crippen LogP contribution is -2.37. The van der Waals surface area contributed by atoms with Crippen molar-refractivity contribution < 1.29 is 9.90 Å². The Hall–Kier alpha value is -1.22. The third kappa shape index (κ3) is 3.89. The molecule has 1 aliphatic carbocycles. The van der Waals surface area contributed by atoms with Gasteiger partial charge in [0, 0.05) is 6.04 Å². The molecule has 3 nitrogen and oxygen atoms in total. The highest BCUT2D eigenvalue weighted by molar-refractivity contribution is 6.33. The molecule has 1 aromatic rings. The topological polar surface area (TPSA) is 49.3 Å². The number of amides is 1. The molecule has 0 unspecified atom stereocenters. The van der Waals surface area contributed by atoms with Crippen LogP contribution in [0.1, 0.15) is 55.8 Å². The van der Waals surface area contributed by atoms with Gasteiger partial charge in [-0.3, -0.25) is 4.79 Å². The first-order chi connectivity index (χ1) is 9.60. The van der Waals surface area contributed by atoms with Crippen molar-refractivity contribution in [1.82, 2.24) is 5.32 Å². The van der Waals surface area contributed by atoms with Crippen molar-refractivity contribution in [2.45, 2.75) is 51.5 Å². The number of halogens is 1. The van der Waals surface area contributed by atoms with Crippen molar-refractivity contribution in [3.8, 4) is 5.75 Å². The number of carbonyl (C=O) groups excluding carboxylic acids is 1. The number of nitrogens with one attached hydrogen (secondary N) is 1. The van der Waals surface area contributed by atoms with E-state index in [0.29, 0.717) is 10.6 Å². The van der Waals surface area contributed by atoms with E-state index in [1.807, 2.05) is 0 Å². The fraction of sp³-hybridized carbons (Fsp3) is 0.562. The fourth-order valence-electron chi connectivity index (χ4n) is 2.95. The van der Waals surface area contributed by atoms with E-state index >= 15 is 0 Å². The molecular weight excluding hydrogens is 274 g/mol. The predicted molar refractivity (Wildman–Crippen MR) is 81.2 cm³/mol. The molecule has 1 amide bonds. The molecule has 1 aromatic carbocycles. The van der Waals surface area contributed by atoms with Crippen molar-refractivity contribution in [2.24, 2.45) is 5.92 Å². The van der Waals surface area contributed by atoms with E-state index in [4.69, 9.17) is 11.6 Å². The lowest BCUT2D eigenvalue weighted by molar-refractivity contribution is 0.0921. The molecule has 2 N–H and O–H groups in total. The van der Waals surface area contributed by atoms with Crippen LogP contribution in [-0.4, -0.2) is 17.1 Å². The van der Waals surface area contributed by atoms with Crippen molar-refractivity contribution in [1.29, 1.82) is 0 Å². The molecule has 0 atom stereocenters. The molecular formula is C16H22ClNO2. The molecule has 0 aromatic heterocycles. The van der Waals surface area contributed by atoms with E-state index in [0.717, 1.165) is 18.8 Å². The van der Waals surface area contributed by atoms with Gasteiger partial charge in [0.1, 0.15) is 5.75 Å². The molecule has 1 saturated carbocycles. The molecule has 0 spiro atoms. The molecule has 1 fully saturated rings. The second-order valence-electron chi connectivity index (χ2n) is 5.64. The summed E-state index contributed by atoms with van der Waals surface area (Å²) in [5, 5.41) is 12.9. The van der Waals surface area contributed by atoms with Crippen LogP contribution in [0, 0.1) is 5.92 Å². The molecule has 0 bridgehead atoms. The van der Waals surface area contributed by atoms with Crippen LogP contribution in [0.5, 0.6) is 5.75 Å². The average molecular weight is 296 g/mol. The monoisotopic (exact) mass is 295 g/mol. The third-order valence-electron chi connectivity index (χ3n) is 4.07. The number of hydrogen-bond donors (Lipinski definition) is 2. The second-order valence-corrected chi connectivity index (χ2v) is 6.05. The maximum absolute atomic E-state index is 12.2. The summed E-state index contributed by atoms with van der Waals surface area (Å²) in [7, 11) is 0. The Balaban J connectivity index is 1.91. The summed E-state index contributed by atoms with van der Waals surface area (Å²) in [4.78, 5) is 12.2. The van der Waals surface area contributed by atoms with Gasteiger partial charge in [-0.2, -0.15) is 0 Å². The average Bonchev–Trinajstić information content (AvgIpc) is 2.44. The SMILES string of the molecule is CCCC1CCC(NC(=O)c2cc(O)ccc2Cl)CC1. The van der Waals surface area contributed by atoms with E-state index in [1.165, 1.54) is 37.8 Å². The standard InChI is InChI=1S/C16H22ClNO2/c1-2-3-11-4-6-12(7-5-11)18-16(20)14-10-13(19)8-9-15(14)17/h8-12,19H,2-7H2,1H3,(H,18,20). The zero-order valence-corrected chi connectivity index (χ0v) is 12.6. The fourth-order valence-corrected chi connectivity index (χ4v) is 3.16. The number of aromatic hydroxyl groups is 1. The molecule has 0 radical (unpaired) electrons. The minimum absolute atomic E-state index is 0.0613. The molecule has 0 aliphatic heterocycles. The minimum atomic E-state index is -0.190. The number of rotatable bonds is 4. The van der Waals surface area contributed by atoms with Crippen LogP contribution in [0.25, 0.3) is 0 Å². The second kappa shape index (κ2) is 6.98. The zero-order valence-electron chi connectivity index (χ0n) is 11.9. The van der Waals surface area contributed by atoms with Gasteiger partial charge >= 0.3 is 0 Å². The Labute approximate surface area is 125 Å². The molecule has 110 valence electrons. The molecule has 2 rings (SSSR count). The predicted octanol–water partition coefficient (Wildman–Crippen LogP) is 4.13. The Bertz CT molecular complexity index is 468. The molecule has 0 heterocycles. The van der Waals surface area contributed by atoms with E-state index in [-0.39, 0.29) is 17.7 Å². The summed E-state index contributed by atoms with van der Waals surface area (Å²) in [6.45, 7) is 2.22. The van der Waals surface area contributed by atoms with Gasteiger partial charge in [-0.25, -0.2) is 0 Å². The first kappa shape index (κ1) is 15.2. The molecule has 20 heavy (non-hydrogen) atoms. The number of benzene rings is 1. The third-order valence-corrected chi connectivity index (χ3v) is 4.40. The van der Waals surface area contributed by atoms with Crippen LogP contribution in [0.15, 0.2) is 18.2 Å². The van der Waals surface area contributed by atoms with Crippen LogP contribution in [0.2, 0.25) is 5.02 Å². The quantitative estimate of drug-likeness (QED) is 0.877. The smallest absolute Gasteiger partial charge is 0.253 e. The zero-order chi connectivity index (χ0) is 14.5. The maximum Gasteiger partial charge on any atom is 0.253 e. The van der Waals surface area contributed by atoms with Gasteiger partial charge in [0.25, 0.3) is 5.91 Å². The van der Waals surface area contributed by atoms with E-state index < -0.39 is 0 Å². The van der Waals surface area contributed by atoms with Crippen molar-refractivity contribution in [2.75, 3.05) is 0 Å². The molecule has 1 aliphatic rings. The molecule has 4 heteroatoms. The van der Waals surface area contributed by atoms with E-state index in [1.54, 1.807) is 6.07 Å². The Kier molecular flexibility index (Phi) is 5.30. The minimum Gasteiger partial charge on any atom is -0.508 e. The van der Waals surface area contributed by atoms with E-state index in [9.17, 15) is 9.90 Å². The van der Waals surface area contributed by atoms with Crippen LogP contribution >= 0.6 is 11.6 Å². The van der Waals surface area contributed by atoms with Gasteiger partial charge < -0.3 is 10.4 Å². The van der Waals surface area contributed by atoms with Gasteiger partial charge in [0.05, 0.1) is 10.6 Å². The normalized spacial score (nSPS) is 22.5. The number of phenols is 1. The van der Waals surface area contributed by atoms with Gasteiger partial charge in [-0.15, -0.1) is 0 Å². The van der Waals surface area contributed by atoms with Gasteiger partial charge in [0.2, 0.25) is 0 Å². The lowest BCUT2D eigenvalue weighted by Gasteiger charge is -2.29. The number of phenolic OH excluding ortho intramolecular Hbond substituents is 1. The van der Waals surface area contributed by atoms with Gasteiger partial charge in [-0.05, 0) is 49.8 Å². The van der Waals surface area contributed by atoms with Crippen LogP contribution in [0.3, 0.4) is 0 Å². The van der Waals surface area contributed by atoms with Crippen LogP contribution in [0.4, 0.5) is 0 Å². The van der Waals surface area contributed by atoms with Crippen molar-refractivity contribution in [3.05, 3.63) is 28.8 Å². The largest absolute Gasteiger partial charge is 0.508 e. The highest BCUT2D eigenvalue weighted by Gasteiger charge is 2.23. The van der Waals surface area contributed by atoms with Gasteiger partial charge in [-0.1, -0.05) is 31.4 Å². The molecule has 0 saturated heterocycles. The maximum atomic E-state index is 12.2. The van der Waals surface area contributed by atoms with Crippen molar-refractivity contribution in [3.63, 3.8) is 0 Å². The Morgan fingerprint density at radius 3 is 2.70 bits per heavy atom. The number of hydrogen-bond acceptors (Lipinski definition) is 2. The highest BCUT2D eigenvalue weighted by Crippen LogP contribution is 2.28. The summed E-state index contributed by atoms with van der Waals surface area (Å²) in [5.41, 5.74) is 0.349. The van der Waals surface area contributed by atoms with Crippen LogP contribution < -0.4 is 5.32 Å². The summed E-state index contributed by atoms with van der Waals surface area (Å²) >= 11 is 6.00. The van der Waals surface area contributed by atoms with Crippen molar-refractivity contribution >= 4 is 17.5 Å².